The van der Waals surface area contributed by atoms with Crippen molar-refractivity contribution in [2.24, 2.45) is 0 Å². The van der Waals surface area contributed by atoms with E-state index < -0.39 is 33.7 Å². The Labute approximate surface area is 192 Å². The van der Waals surface area contributed by atoms with Gasteiger partial charge in [0.15, 0.2) is 0 Å². The number of ether oxygens (including phenoxy) is 2. The zero-order chi connectivity index (χ0) is 24.2. The van der Waals surface area contributed by atoms with E-state index in [0.29, 0.717) is 25.1 Å². The average molecular weight is 479 g/mol. The van der Waals surface area contributed by atoms with E-state index in [1.54, 1.807) is 38.1 Å². The van der Waals surface area contributed by atoms with Crippen LogP contribution < -0.4 is 10.1 Å². The Bertz CT molecular complexity index is 1130. The van der Waals surface area contributed by atoms with Crippen LogP contribution in [0.1, 0.15) is 32.3 Å². The number of nitrogens with one attached hydrogen (secondary N) is 1. The molecule has 178 valence electrons. The number of amides is 1. The van der Waals surface area contributed by atoms with E-state index in [1.165, 1.54) is 13.2 Å². The van der Waals surface area contributed by atoms with E-state index >= 15 is 0 Å². The summed E-state index contributed by atoms with van der Waals surface area (Å²) in [6, 6.07) is 10.0. The van der Waals surface area contributed by atoms with E-state index in [2.05, 4.69) is 5.32 Å². The maximum absolute atomic E-state index is 13.7. The van der Waals surface area contributed by atoms with Crippen LogP contribution in [0.3, 0.4) is 0 Å². The third-order valence-corrected chi connectivity index (χ3v) is 7.50. The van der Waals surface area contributed by atoms with Gasteiger partial charge in [0.2, 0.25) is 15.9 Å². The molecule has 1 fully saturated rings. The lowest BCUT2D eigenvalue weighted by Gasteiger charge is -2.21. The molecule has 3 rings (SSSR count). The first kappa shape index (κ1) is 24.7. The zero-order valence-electron chi connectivity index (χ0n) is 18.8. The average Bonchev–Trinajstić information content (AvgIpc) is 3.60. The third kappa shape index (κ3) is 5.17. The summed E-state index contributed by atoms with van der Waals surface area (Å²) in [5.74, 6) is -1.55. The minimum atomic E-state index is -4.18. The monoisotopic (exact) mass is 478 g/mol. The van der Waals surface area contributed by atoms with Crippen molar-refractivity contribution < 1.29 is 31.9 Å². The molecule has 0 unspecified atom stereocenters. The molecule has 10 heteroatoms. The topological polar surface area (TPSA) is 102 Å². The number of anilines is 1. The number of sulfonamides is 1. The van der Waals surface area contributed by atoms with Crippen molar-refractivity contribution in [2.75, 3.05) is 32.1 Å². The number of hydrogen-bond donors (Lipinski definition) is 1. The lowest BCUT2D eigenvalue weighted by atomic mass is 9.96. The van der Waals surface area contributed by atoms with Gasteiger partial charge >= 0.3 is 5.97 Å². The van der Waals surface area contributed by atoms with Crippen LogP contribution in [-0.2, 0) is 29.8 Å². The van der Waals surface area contributed by atoms with Gasteiger partial charge in [-0.2, -0.15) is 4.31 Å². The molecule has 0 radical (unpaired) electrons. The number of methoxy groups -OCH3 is 1. The Balaban J connectivity index is 1.71. The molecule has 0 bridgehead atoms. The summed E-state index contributed by atoms with van der Waals surface area (Å²) in [4.78, 5) is 24.5. The molecule has 8 nitrogen and oxygen atoms in total. The van der Waals surface area contributed by atoms with E-state index in [-0.39, 0.29) is 23.2 Å². The molecular weight excluding hydrogens is 451 g/mol. The standard InChI is InChI=1S/C23H27FN2O6S/c1-4-26(33(29,30)20-14-17(24)8-11-19(20)31-3)15-21(27)25-18-9-6-16(7-10-18)23(12-13-23)22(28)32-5-2/h6-11,14H,4-5,12-13,15H2,1-3H3,(H,25,27). The van der Waals surface area contributed by atoms with E-state index in [4.69, 9.17) is 9.47 Å². The van der Waals surface area contributed by atoms with Gasteiger partial charge in [-0.25, -0.2) is 12.8 Å². The Hall–Kier alpha value is -2.98. The van der Waals surface area contributed by atoms with Crippen molar-refractivity contribution in [2.45, 2.75) is 37.0 Å². The van der Waals surface area contributed by atoms with Crippen LogP contribution in [0.25, 0.3) is 0 Å². The largest absolute Gasteiger partial charge is 0.495 e. The second-order valence-corrected chi connectivity index (χ2v) is 9.56. The number of rotatable bonds is 10. The molecule has 33 heavy (non-hydrogen) atoms. The van der Waals surface area contributed by atoms with Crippen LogP contribution >= 0.6 is 0 Å². The Kier molecular flexibility index (Phi) is 7.38. The molecule has 0 heterocycles. The lowest BCUT2D eigenvalue weighted by molar-refractivity contribution is -0.146. The fourth-order valence-corrected chi connectivity index (χ4v) is 5.17. The van der Waals surface area contributed by atoms with Crippen LogP contribution in [0.15, 0.2) is 47.4 Å². The molecule has 0 saturated heterocycles. The Morgan fingerprint density at radius 1 is 1.12 bits per heavy atom. The number of halogens is 1. The van der Waals surface area contributed by atoms with Gasteiger partial charge in [-0.3, -0.25) is 9.59 Å². The first-order valence-electron chi connectivity index (χ1n) is 10.6. The summed E-state index contributed by atoms with van der Waals surface area (Å²) in [5.41, 5.74) is 0.658. The molecule has 1 amide bonds. The molecule has 0 atom stereocenters. The number of carbonyl (C=O) groups is 2. The van der Waals surface area contributed by atoms with Crippen molar-refractivity contribution in [3.05, 3.63) is 53.8 Å². The Morgan fingerprint density at radius 2 is 1.79 bits per heavy atom. The van der Waals surface area contributed by atoms with Gasteiger partial charge in [-0.1, -0.05) is 19.1 Å². The predicted octanol–water partition coefficient (Wildman–Crippen LogP) is 3.08. The first-order valence-corrected chi connectivity index (χ1v) is 12.0. The molecule has 0 spiro atoms. The van der Waals surface area contributed by atoms with Crippen LogP contribution in [0.5, 0.6) is 5.75 Å². The van der Waals surface area contributed by atoms with Crippen LogP contribution in [-0.4, -0.2) is 51.4 Å². The number of likely N-dealkylation sites (N-methyl/N-ethyl adjacent to an activating group) is 1. The van der Waals surface area contributed by atoms with E-state index in [1.807, 2.05) is 0 Å². The van der Waals surface area contributed by atoms with Crippen LogP contribution in [0, 0.1) is 5.82 Å². The van der Waals surface area contributed by atoms with Gasteiger partial charge in [0, 0.05) is 12.2 Å². The minimum Gasteiger partial charge on any atom is -0.495 e. The predicted molar refractivity (Wildman–Crippen MR) is 120 cm³/mol. The van der Waals surface area contributed by atoms with Gasteiger partial charge in [-0.05, 0) is 55.7 Å². The molecule has 1 aliphatic rings. The van der Waals surface area contributed by atoms with Gasteiger partial charge in [-0.15, -0.1) is 0 Å². The summed E-state index contributed by atoms with van der Waals surface area (Å²) in [6.07, 6.45) is 1.43. The van der Waals surface area contributed by atoms with Crippen LogP contribution in [0.4, 0.5) is 10.1 Å². The molecule has 0 aliphatic heterocycles. The fraction of sp³-hybridized carbons (Fsp3) is 0.391. The second kappa shape index (κ2) is 9.88. The van der Waals surface area contributed by atoms with Crippen molar-refractivity contribution in [3.8, 4) is 5.75 Å². The van der Waals surface area contributed by atoms with Crippen molar-refractivity contribution in [1.29, 1.82) is 0 Å². The highest BCUT2D eigenvalue weighted by molar-refractivity contribution is 7.89. The highest BCUT2D eigenvalue weighted by Gasteiger charge is 2.52. The molecule has 2 aromatic carbocycles. The fourth-order valence-electron chi connectivity index (χ4n) is 3.60. The summed E-state index contributed by atoms with van der Waals surface area (Å²) in [7, 11) is -2.90. The van der Waals surface area contributed by atoms with Gasteiger partial charge in [0.1, 0.15) is 16.5 Å². The summed E-state index contributed by atoms with van der Waals surface area (Å²) in [6.45, 7) is 3.18. The maximum Gasteiger partial charge on any atom is 0.316 e. The van der Waals surface area contributed by atoms with Crippen molar-refractivity contribution in [3.63, 3.8) is 0 Å². The number of carbonyl (C=O) groups excluding carboxylic acids is 2. The summed E-state index contributed by atoms with van der Waals surface area (Å²) in [5, 5.41) is 2.66. The molecule has 1 aliphatic carbocycles. The number of nitrogens with zero attached hydrogens (tertiary/aromatic N) is 1. The van der Waals surface area contributed by atoms with E-state index in [9.17, 15) is 22.4 Å². The maximum atomic E-state index is 13.7. The highest BCUT2D eigenvalue weighted by atomic mass is 32.2. The number of esters is 1. The summed E-state index contributed by atoms with van der Waals surface area (Å²) < 4.78 is 50.9. The quantitative estimate of drug-likeness (QED) is 0.527. The van der Waals surface area contributed by atoms with Gasteiger partial charge < -0.3 is 14.8 Å². The smallest absolute Gasteiger partial charge is 0.316 e. The highest BCUT2D eigenvalue weighted by Crippen LogP contribution is 2.49. The normalized spacial score (nSPS) is 14.6. The lowest BCUT2D eigenvalue weighted by Crippen LogP contribution is -2.38. The summed E-state index contributed by atoms with van der Waals surface area (Å²) >= 11 is 0. The van der Waals surface area contributed by atoms with Crippen molar-refractivity contribution in [1.82, 2.24) is 4.31 Å². The van der Waals surface area contributed by atoms with Gasteiger partial charge in [0.25, 0.3) is 0 Å². The molecular formula is C23H27FN2O6S. The second-order valence-electron chi connectivity index (χ2n) is 7.65. The molecule has 1 N–H and O–H groups in total. The van der Waals surface area contributed by atoms with Crippen molar-refractivity contribution >= 4 is 27.6 Å². The SMILES string of the molecule is CCOC(=O)C1(c2ccc(NC(=O)CN(CC)S(=O)(=O)c3cc(F)ccc3OC)cc2)CC1. The molecule has 0 aromatic heterocycles. The molecule has 2 aromatic rings. The third-order valence-electron chi connectivity index (χ3n) is 5.55. The zero-order valence-corrected chi connectivity index (χ0v) is 19.6. The van der Waals surface area contributed by atoms with E-state index in [0.717, 1.165) is 22.0 Å². The molecule has 1 saturated carbocycles. The van der Waals surface area contributed by atoms with Crippen LogP contribution in [0.2, 0.25) is 0 Å². The number of benzene rings is 2. The first-order chi connectivity index (χ1) is 15.7. The number of hydrogen-bond acceptors (Lipinski definition) is 6. The Morgan fingerprint density at radius 3 is 2.33 bits per heavy atom. The van der Waals surface area contributed by atoms with Gasteiger partial charge in [0.05, 0.1) is 25.7 Å². The minimum absolute atomic E-state index is 0.00355.